The van der Waals surface area contributed by atoms with E-state index in [0.29, 0.717) is 35.0 Å². The van der Waals surface area contributed by atoms with Gasteiger partial charge in [0, 0.05) is 22.4 Å². The van der Waals surface area contributed by atoms with E-state index in [4.69, 9.17) is 8.83 Å². The third-order valence-electron chi connectivity index (χ3n) is 6.15. The van der Waals surface area contributed by atoms with E-state index in [0.717, 1.165) is 28.7 Å². The van der Waals surface area contributed by atoms with Crippen molar-refractivity contribution in [3.05, 3.63) is 69.8 Å². The van der Waals surface area contributed by atoms with Gasteiger partial charge >= 0.3 is 11.6 Å². The first kappa shape index (κ1) is 23.3. The molecule has 0 bridgehead atoms. The molecular weight excluding hydrogens is 434 g/mol. The van der Waals surface area contributed by atoms with Crippen molar-refractivity contribution in [1.82, 2.24) is 5.32 Å². The van der Waals surface area contributed by atoms with Crippen LogP contribution in [0.1, 0.15) is 43.1 Å². The van der Waals surface area contributed by atoms with Crippen LogP contribution in [0.2, 0.25) is 0 Å². The zero-order valence-electron chi connectivity index (χ0n) is 19.4. The van der Waals surface area contributed by atoms with Crippen LogP contribution in [0.15, 0.2) is 56.1 Å². The van der Waals surface area contributed by atoms with Gasteiger partial charge in [-0.05, 0) is 37.5 Å². The fourth-order valence-corrected chi connectivity index (χ4v) is 4.34. The molecule has 2 aromatic heterocycles. The summed E-state index contributed by atoms with van der Waals surface area (Å²) >= 11 is 0. The highest BCUT2D eigenvalue weighted by Gasteiger charge is 2.22. The second-order valence-electron chi connectivity index (χ2n) is 8.51. The zero-order valence-corrected chi connectivity index (χ0v) is 19.4. The highest BCUT2D eigenvalue weighted by molar-refractivity contribution is 6.03. The molecule has 0 fully saturated rings. The lowest BCUT2D eigenvalue weighted by Crippen LogP contribution is -2.42. The summed E-state index contributed by atoms with van der Waals surface area (Å²) in [6.07, 6.45) is 1.58. The number of carbonyl (C=O) groups is 2. The Morgan fingerprint density at radius 2 is 1.74 bits per heavy atom. The van der Waals surface area contributed by atoms with Crippen molar-refractivity contribution in [1.29, 1.82) is 0 Å². The van der Waals surface area contributed by atoms with Crippen molar-refractivity contribution in [3.63, 3.8) is 0 Å². The number of unbranched alkanes of at least 4 members (excludes halogenated alkanes) is 1. The number of carbonyl (C=O) groups excluding carboxylic acids is 1. The van der Waals surface area contributed by atoms with Crippen molar-refractivity contribution in [2.45, 2.75) is 52.5 Å². The van der Waals surface area contributed by atoms with Crippen LogP contribution in [0.3, 0.4) is 0 Å². The molecule has 4 aromatic rings. The maximum absolute atomic E-state index is 12.7. The minimum atomic E-state index is -1.09. The summed E-state index contributed by atoms with van der Waals surface area (Å²) in [5.74, 6) is -0.860. The van der Waals surface area contributed by atoms with E-state index < -0.39 is 23.5 Å². The van der Waals surface area contributed by atoms with Gasteiger partial charge in [0.05, 0.1) is 12.0 Å². The third-order valence-corrected chi connectivity index (χ3v) is 6.15. The highest BCUT2D eigenvalue weighted by Crippen LogP contribution is 2.37. The number of furan rings is 1. The second-order valence-corrected chi connectivity index (χ2v) is 8.51. The van der Waals surface area contributed by atoms with E-state index in [-0.39, 0.29) is 12.0 Å². The lowest BCUT2D eigenvalue weighted by atomic mass is 9.98. The van der Waals surface area contributed by atoms with Gasteiger partial charge in [0.25, 0.3) is 0 Å². The predicted molar refractivity (Wildman–Crippen MR) is 130 cm³/mol. The molecule has 0 radical (unpaired) electrons. The normalized spacial score (nSPS) is 12.2. The topological polar surface area (TPSA) is 110 Å². The van der Waals surface area contributed by atoms with E-state index in [1.54, 1.807) is 13.0 Å². The number of hydrogen-bond donors (Lipinski definition) is 2. The Morgan fingerprint density at radius 1 is 1.03 bits per heavy atom. The molecule has 34 heavy (non-hydrogen) atoms. The number of benzene rings is 2. The largest absolute Gasteiger partial charge is 0.480 e. The number of aliphatic carboxylic acids is 1. The Labute approximate surface area is 196 Å². The van der Waals surface area contributed by atoms with Crippen molar-refractivity contribution < 1.29 is 23.5 Å². The smallest absolute Gasteiger partial charge is 0.340 e. The average molecular weight is 462 g/mol. The lowest BCUT2D eigenvalue weighted by molar-refractivity contribution is -0.142. The molecule has 4 rings (SSSR count). The van der Waals surface area contributed by atoms with Gasteiger partial charge < -0.3 is 19.3 Å². The Bertz CT molecular complexity index is 1430. The van der Waals surface area contributed by atoms with Crippen molar-refractivity contribution in [3.8, 4) is 11.1 Å². The molecule has 2 N–H and O–H groups in total. The van der Waals surface area contributed by atoms with Gasteiger partial charge in [0.2, 0.25) is 5.91 Å². The molecule has 0 spiro atoms. The number of carboxylic acids is 1. The quantitative estimate of drug-likeness (QED) is 0.352. The number of nitrogens with one attached hydrogen (secondary N) is 1. The number of hydrogen-bond acceptors (Lipinski definition) is 5. The maximum Gasteiger partial charge on any atom is 0.340 e. The molecule has 0 saturated heterocycles. The van der Waals surface area contributed by atoms with Crippen LogP contribution in [0.25, 0.3) is 33.1 Å². The summed E-state index contributed by atoms with van der Waals surface area (Å²) < 4.78 is 11.5. The summed E-state index contributed by atoms with van der Waals surface area (Å²) in [5, 5.41) is 13.5. The van der Waals surface area contributed by atoms with Gasteiger partial charge in [-0.25, -0.2) is 9.59 Å². The van der Waals surface area contributed by atoms with Crippen LogP contribution >= 0.6 is 0 Å². The molecule has 2 aromatic carbocycles. The van der Waals surface area contributed by atoms with Crippen molar-refractivity contribution >= 4 is 33.8 Å². The molecule has 176 valence electrons. The standard InChI is InChI=1S/C27H27NO6/c1-4-5-11-21(26(30)31)28-24(29)13-19-15(2)18-12-20-23(14-22(18)34-27(19)32)33-16(3)25(20)17-9-7-6-8-10-17/h6-10,12,14,21H,4-5,11,13H2,1-3H3,(H,28,29)(H,30,31)/t21-/m1/s1. The molecule has 1 amide bonds. The first-order chi connectivity index (χ1) is 16.3. The number of carboxylic acid groups (broad SMARTS) is 1. The summed E-state index contributed by atoms with van der Waals surface area (Å²) in [5.41, 5.74) is 3.18. The fourth-order valence-electron chi connectivity index (χ4n) is 4.34. The number of amides is 1. The molecule has 2 heterocycles. The van der Waals surface area contributed by atoms with Gasteiger partial charge in [-0.1, -0.05) is 50.1 Å². The van der Waals surface area contributed by atoms with Crippen LogP contribution < -0.4 is 10.9 Å². The molecule has 0 unspecified atom stereocenters. The summed E-state index contributed by atoms with van der Waals surface area (Å²) in [6.45, 7) is 5.61. The monoisotopic (exact) mass is 461 g/mol. The number of rotatable bonds is 8. The average Bonchev–Trinajstić information content (AvgIpc) is 3.13. The second kappa shape index (κ2) is 9.55. The van der Waals surface area contributed by atoms with E-state index in [2.05, 4.69) is 5.32 Å². The SMILES string of the molecule is CCCC[C@@H](NC(=O)Cc1c(C)c2cc3c(-c4ccccc4)c(C)oc3cc2oc1=O)C(=O)O. The number of aryl methyl sites for hydroxylation is 2. The first-order valence-corrected chi connectivity index (χ1v) is 11.4. The Kier molecular flexibility index (Phi) is 6.54. The zero-order chi connectivity index (χ0) is 24.4. The predicted octanol–water partition coefficient (Wildman–Crippen LogP) is 5.13. The Balaban J connectivity index is 1.74. The molecule has 7 heteroatoms. The van der Waals surface area contributed by atoms with Gasteiger partial charge in [-0.3, -0.25) is 4.79 Å². The van der Waals surface area contributed by atoms with Crippen LogP contribution in [0.4, 0.5) is 0 Å². The molecule has 0 saturated carbocycles. The van der Waals surface area contributed by atoms with Gasteiger partial charge in [0.15, 0.2) is 0 Å². The van der Waals surface area contributed by atoms with Crippen LogP contribution in [0, 0.1) is 13.8 Å². The number of fused-ring (bicyclic) bond motifs is 2. The molecule has 1 atom stereocenters. The Hall–Kier alpha value is -3.87. The van der Waals surface area contributed by atoms with E-state index in [1.165, 1.54) is 0 Å². The van der Waals surface area contributed by atoms with Gasteiger partial charge in [0.1, 0.15) is 23.0 Å². The molecule has 0 aliphatic heterocycles. The fraction of sp³-hybridized carbons (Fsp3) is 0.296. The van der Waals surface area contributed by atoms with Crippen molar-refractivity contribution in [2.24, 2.45) is 0 Å². The van der Waals surface area contributed by atoms with Crippen LogP contribution in [-0.4, -0.2) is 23.0 Å². The van der Waals surface area contributed by atoms with Crippen molar-refractivity contribution in [2.75, 3.05) is 0 Å². The van der Waals surface area contributed by atoms with Gasteiger partial charge in [-0.2, -0.15) is 0 Å². The summed E-state index contributed by atoms with van der Waals surface area (Å²) in [7, 11) is 0. The summed E-state index contributed by atoms with van der Waals surface area (Å²) in [4.78, 5) is 36.8. The lowest BCUT2D eigenvalue weighted by Gasteiger charge is -2.14. The molecule has 0 aliphatic rings. The molecule has 0 aliphatic carbocycles. The van der Waals surface area contributed by atoms with E-state index >= 15 is 0 Å². The molecular formula is C27H27NO6. The molecule has 7 nitrogen and oxygen atoms in total. The Morgan fingerprint density at radius 3 is 2.41 bits per heavy atom. The highest BCUT2D eigenvalue weighted by atomic mass is 16.4. The van der Waals surface area contributed by atoms with Crippen LogP contribution in [-0.2, 0) is 16.0 Å². The minimum Gasteiger partial charge on any atom is -0.480 e. The first-order valence-electron chi connectivity index (χ1n) is 11.4. The maximum atomic E-state index is 12.7. The van der Waals surface area contributed by atoms with E-state index in [9.17, 15) is 19.5 Å². The minimum absolute atomic E-state index is 0.213. The van der Waals surface area contributed by atoms with Gasteiger partial charge in [-0.15, -0.1) is 0 Å². The van der Waals surface area contributed by atoms with E-state index in [1.807, 2.05) is 50.2 Å². The van der Waals surface area contributed by atoms with Crippen LogP contribution in [0.5, 0.6) is 0 Å². The third kappa shape index (κ3) is 4.46. The summed E-state index contributed by atoms with van der Waals surface area (Å²) in [6, 6.07) is 12.5.